The molecule has 0 aliphatic heterocycles. The van der Waals surface area contributed by atoms with Gasteiger partial charge in [-0.2, -0.15) is 0 Å². The smallest absolute Gasteiger partial charge is 0.238 e. The van der Waals surface area contributed by atoms with Crippen molar-refractivity contribution < 1.29 is 8.42 Å². The van der Waals surface area contributed by atoms with E-state index in [2.05, 4.69) is 12.2 Å². The minimum atomic E-state index is -3.62. The molecule has 1 aromatic rings. The van der Waals surface area contributed by atoms with Gasteiger partial charge in [-0.05, 0) is 43.7 Å². The molecule has 0 heterocycles. The summed E-state index contributed by atoms with van der Waals surface area (Å²) in [6.07, 6.45) is 0. The molecule has 1 aromatic carbocycles. The van der Waals surface area contributed by atoms with Gasteiger partial charge in [0.25, 0.3) is 0 Å². The van der Waals surface area contributed by atoms with Gasteiger partial charge in [-0.3, -0.25) is 0 Å². The Morgan fingerprint density at radius 2 is 1.76 bits per heavy atom. The fraction of sp³-hybridized carbons (Fsp3) is 0.455. The third-order valence-electron chi connectivity index (χ3n) is 2.80. The summed E-state index contributed by atoms with van der Waals surface area (Å²) in [5.74, 6) is 0.341. The molecule has 0 fully saturated rings. The average molecular weight is 257 g/mol. The van der Waals surface area contributed by atoms with Crippen LogP contribution in [0.25, 0.3) is 0 Å². The normalized spacial score (nSPS) is 15.3. The van der Waals surface area contributed by atoms with Crippen molar-refractivity contribution in [3.63, 3.8) is 0 Å². The maximum Gasteiger partial charge on any atom is 0.238 e. The maximum atomic E-state index is 11.1. The zero-order chi connectivity index (χ0) is 13.1. The number of nitrogens with two attached hydrogens (primary N) is 2. The molecule has 1 rings (SSSR count). The molecule has 5 nitrogen and oxygen atoms in total. The quantitative estimate of drug-likeness (QED) is 0.724. The van der Waals surface area contributed by atoms with Crippen LogP contribution in [-0.2, 0) is 10.0 Å². The molecule has 17 heavy (non-hydrogen) atoms. The number of anilines is 1. The Kier molecular flexibility index (Phi) is 4.50. The van der Waals surface area contributed by atoms with Crippen LogP contribution in [0.3, 0.4) is 0 Å². The maximum absolute atomic E-state index is 11.1. The third kappa shape index (κ3) is 3.99. The molecule has 0 amide bonds. The van der Waals surface area contributed by atoms with E-state index >= 15 is 0 Å². The van der Waals surface area contributed by atoms with E-state index in [1.807, 2.05) is 6.92 Å². The van der Waals surface area contributed by atoms with E-state index in [9.17, 15) is 8.42 Å². The Morgan fingerprint density at radius 1 is 1.24 bits per heavy atom. The van der Waals surface area contributed by atoms with Crippen molar-refractivity contribution in [3.05, 3.63) is 24.3 Å². The number of sulfonamides is 1. The van der Waals surface area contributed by atoms with Crippen molar-refractivity contribution in [3.8, 4) is 0 Å². The SMILES string of the molecule is CC(CN)C(C)Nc1ccc(S(N)(=O)=O)cc1. The number of hydrogen-bond acceptors (Lipinski definition) is 4. The summed E-state index contributed by atoms with van der Waals surface area (Å²) in [4.78, 5) is 0.113. The first kappa shape index (κ1) is 14.0. The molecular formula is C11H19N3O2S. The fourth-order valence-electron chi connectivity index (χ4n) is 1.35. The molecule has 0 aliphatic rings. The van der Waals surface area contributed by atoms with Gasteiger partial charge in [0.1, 0.15) is 0 Å². The number of primary sulfonamides is 1. The molecule has 0 spiro atoms. The molecule has 0 radical (unpaired) electrons. The molecule has 0 aliphatic carbocycles. The highest BCUT2D eigenvalue weighted by Gasteiger charge is 2.11. The van der Waals surface area contributed by atoms with Gasteiger partial charge >= 0.3 is 0 Å². The number of rotatable bonds is 5. The van der Waals surface area contributed by atoms with Gasteiger partial charge in [0.15, 0.2) is 0 Å². The Labute approximate surface area is 102 Å². The highest BCUT2D eigenvalue weighted by molar-refractivity contribution is 7.89. The first-order valence-corrected chi connectivity index (χ1v) is 6.98. The van der Waals surface area contributed by atoms with Crippen LogP contribution in [0.15, 0.2) is 29.2 Å². The number of nitrogens with one attached hydrogen (secondary N) is 1. The zero-order valence-corrected chi connectivity index (χ0v) is 10.9. The number of benzene rings is 1. The van der Waals surface area contributed by atoms with E-state index in [0.29, 0.717) is 12.5 Å². The lowest BCUT2D eigenvalue weighted by atomic mass is 10.0. The second-order valence-electron chi connectivity index (χ2n) is 4.22. The largest absolute Gasteiger partial charge is 0.382 e. The second kappa shape index (κ2) is 5.48. The topological polar surface area (TPSA) is 98.2 Å². The summed E-state index contributed by atoms with van der Waals surface area (Å²) in [5.41, 5.74) is 6.42. The minimum Gasteiger partial charge on any atom is -0.382 e. The molecule has 2 unspecified atom stereocenters. The van der Waals surface area contributed by atoms with Crippen molar-refractivity contribution in [1.29, 1.82) is 0 Å². The Morgan fingerprint density at radius 3 is 2.18 bits per heavy atom. The highest BCUT2D eigenvalue weighted by atomic mass is 32.2. The van der Waals surface area contributed by atoms with Gasteiger partial charge in [0.05, 0.1) is 4.90 Å². The van der Waals surface area contributed by atoms with Crippen molar-refractivity contribution >= 4 is 15.7 Å². The molecule has 5 N–H and O–H groups in total. The van der Waals surface area contributed by atoms with Crippen LogP contribution in [0.2, 0.25) is 0 Å². The van der Waals surface area contributed by atoms with Crippen molar-refractivity contribution in [2.45, 2.75) is 24.8 Å². The van der Waals surface area contributed by atoms with E-state index in [1.54, 1.807) is 12.1 Å². The predicted octanol–water partition coefficient (Wildman–Crippen LogP) is 0.729. The van der Waals surface area contributed by atoms with Crippen LogP contribution in [0.1, 0.15) is 13.8 Å². The molecule has 0 bridgehead atoms. The van der Waals surface area contributed by atoms with Crippen LogP contribution < -0.4 is 16.2 Å². The summed E-state index contributed by atoms with van der Waals surface area (Å²) < 4.78 is 22.1. The average Bonchev–Trinajstić information content (AvgIpc) is 2.27. The zero-order valence-electron chi connectivity index (χ0n) is 10.1. The van der Waals surface area contributed by atoms with Crippen molar-refractivity contribution in [1.82, 2.24) is 0 Å². The lowest BCUT2D eigenvalue weighted by molar-refractivity contribution is 0.521. The summed E-state index contributed by atoms with van der Waals surface area (Å²) in [6.45, 7) is 4.69. The number of hydrogen-bond donors (Lipinski definition) is 3. The van der Waals surface area contributed by atoms with Gasteiger partial charge in [-0.25, -0.2) is 13.6 Å². The molecule has 0 saturated carbocycles. The van der Waals surface area contributed by atoms with Gasteiger partial charge in [0.2, 0.25) is 10.0 Å². The van der Waals surface area contributed by atoms with E-state index in [-0.39, 0.29) is 10.9 Å². The summed E-state index contributed by atoms with van der Waals surface area (Å²) >= 11 is 0. The van der Waals surface area contributed by atoms with Gasteiger partial charge in [-0.15, -0.1) is 0 Å². The van der Waals surface area contributed by atoms with E-state index in [0.717, 1.165) is 5.69 Å². The van der Waals surface area contributed by atoms with Crippen molar-refractivity contribution in [2.24, 2.45) is 16.8 Å². The van der Waals surface area contributed by atoms with Crippen LogP contribution in [0.4, 0.5) is 5.69 Å². The minimum absolute atomic E-state index is 0.113. The van der Waals surface area contributed by atoms with Gasteiger partial charge < -0.3 is 11.1 Å². The molecule has 0 saturated heterocycles. The standard InChI is InChI=1S/C11H19N3O2S/c1-8(7-12)9(2)14-10-3-5-11(6-4-10)17(13,15)16/h3-6,8-9,14H,7,12H2,1-2H3,(H2,13,15,16). The van der Waals surface area contributed by atoms with Gasteiger partial charge in [-0.1, -0.05) is 6.92 Å². The molecule has 2 atom stereocenters. The fourth-order valence-corrected chi connectivity index (χ4v) is 1.87. The van der Waals surface area contributed by atoms with E-state index in [1.165, 1.54) is 12.1 Å². The van der Waals surface area contributed by atoms with E-state index < -0.39 is 10.0 Å². The summed E-state index contributed by atoms with van der Waals surface area (Å²) in [7, 11) is -3.62. The predicted molar refractivity (Wildman–Crippen MR) is 69.1 cm³/mol. The molecule has 0 aromatic heterocycles. The van der Waals surface area contributed by atoms with E-state index in [4.69, 9.17) is 10.9 Å². The first-order valence-electron chi connectivity index (χ1n) is 5.44. The second-order valence-corrected chi connectivity index (χ2v) is 5.78. The van der Waals surface area contributed by atoms with Crippen molar-refractivity contribution in [2.75, 3.05) is 11.9 Å². The highest BCUT2D eigenvalue weighted by Crippen LogP contribution is 2.15. The monoisotopic (exact) mass is 257 g/mol. The summed E-state index contributed by atoms with van der Waals surface area (Å²) in [5, 5.41) is 8.27. The lowest BCUT2D eigenvalue weighted by Gasteiger charge is -2.20. The Balaban J connectivity index is 2.76. The first-order chi connectivity index (χ1) is 7.84. The molecular weight excluding hydrogens is 238 g/mol. The van der Waals surface area contributed by atoms with Crippen LogP contribution in [0, 0.1) is 5.92 Å². The van der Waals surface area contributed by atoms with Crippen LogP contribution in [-0.4, -0.2) is 21.0 Å². The van der Waals surface area contributed by atoms with Gasteiger partial charge in [0, 0.05) is 11.7 Å². The Hall–Kier alpha value is -1.11. The van der Waals surface area contributed by atoms with Crippen LogP contribution >= 0.6 is 0 Å². The summed E-state index contributed by atoms with van der Waals surface area (Å²) in [6, 6.07) is 6.58. The molecule has 96 valence electrons. The third-order valence-corrected chi connectivity index (χ3v) is 3.73. The Bertz CT molecular complexity index is 456. The molecule has 6 heteroatoms. The lowest BCUT2D eigenvalue weighted by Crippen LogP contribution is -2.29. The van der Waals surface area contributed by atoms with Crippen LogP contribution in [0.5, 0.6) is 0 Å².